The van der Waals surface area contributed by atoms with Crippen molar-refractivity contribution in [1.82, 2.24) is 10.6 Å². The van der Waals surface area contributed by atoms with Gasteiger partial charge in [0.1, 0.15) is 6.61 Å². The molecule has 1 saturated carbocycles. The number of aliphatic hydroxyl groups excluding tert-OH is 1. The van der Waals surface area contributed by atoms with Crippen LogP contribution in [0.4, 0.5) is 4.79 Å². The molecule has 1 aromatic rings. The van der Waals surface area contributed by atoms with E-state index in [-0.39, 0.29) is 18.7 Å². The van der Waals surface area contributed by atoms with Crippen molar-refractivity contribution in [3.63, 3.8) is 0 Å². The number of rotatable bonds is 8. The second-order valence-corrected chi connectivity index (χ2v) is 6.60. The number of carbonyl (C=O) groups is 1. The zero-order chi connectivity index (χ0) is 16.7. The lowest BCUT2D eigenvalue weighted by atomic mass is 9.85. The fourth-order valence-electron chi connectivity index (χ4n) is 2.85. The molecule has 1 atom stereocenters. The van der Waals surface area contributed by atoms with Crippen molar-refractivity contribution >= 4 is 6.09 Å². The van der Waals surface area contributed by atoms with Gasteiger partial charge in [-0.1, -0.05) is 44.2 Å². The number of aliphatic hydroxyl groups is 1. The maximum absolute atomic E-state index is 11.8. The van der Waals surface area contributed by atoms with E-state index in [4.69, 9.17) is 9.84 Å². The molecule has 5 nitrogen and oxygen atoms in total. The summed E-state index contributed by atoms with van der Waals surface area (Å²) in [5, 5.41) is 15.6. The van der Waals surface area contributed by atoms with E-state index in [1.54, 1.807) is 0 Å². The molecule has 0 aliphatic heterocycles. The van der Waals surface area contributed by atoms with E-state index in [1.165, 1.54) is 0 Å². The molecule has 5 heteroatoms. The number of ether oxygens (including phenoxy) is 1. The Labute approximate surface area is 138 Å². The smallest absolute Gasteiger partial charge is 0.407 e. The summed E-state index contributed by atoms with van der Waals surface area (Å²) in [6.07, 6.45) is 2.24. The molecular formula is C18H28N2O3. The molecule has 0 aromatic heterocycles. The maximum atomic E-state index is 11.8. The molecule has 1 aliphatic carbocycles. The van der Waals surface area contributed by atoms with Crippen molar-refractivity contribution in [3.05, 3.63) is 35.9 Å². The van der Waals surface area contributed by atoms with Crippen LogP contribution in [0.15, 0.2) is 30.3 Å². The molecule has 2 rings (SSSR count). The van der Waals surface area contributed by atoms with Gasteiger partial charge in [0, 0.05) is 24.7 Å². The Balaban J connectivity index is 1.62. The molecule has 128 valence electrons. The van der Waals surface area contributed by atoms with Crippen LogP contribution in [0, 0.1) is 5.92 Å². The van der Waals surface area contributed by atoms with E-state index in [9.17, 15) is 4.79 Å². The lowest BCUT2D eigenvalue weighted by Crippen LogP contribution is -2.55. The van der Waals surface area contributed by atoms with Gasteiger partial charge in [0.15, 0.2) is 0 Å². The van der Waals surface area contributed by atoms with Crippen molar-refractivity contribution in [2.45, 2.75) is 57.8 Å². The van der Waals surface area contributed by atoms with Crippen LogP contribution in [0.25, 0.3) is 0 Å². The van der Waals surface area contributed by atoms with Gasteiger partial charge in [0.2, 0.25) is 0 Å². The summed E-state index contributed by atoms with van der Waals surface area (Å²) in [6.45, 7) is 4.81. The lowest BCUT2D eigenvalue weighted by Gasteiger charge is -2.39. The van der Waals surface area contributed by atoms with E-state index in [0.717, 1.165) is 24.8 Å². The Kier molecular flexibility index (Phi) is 6.86. The van der Waals surface area contributed by atoms with E-state index >= 15 is 0 Å². The van der Waals surface area contributed by atoms with Crippen LogP contribution in [-0.4, -0.2) is 35.9 Å². The Morgan fingerprint density at radius 2 is 1.96 bits per heavy atom. The number of amides is 1. The highest BCUT2D eigenvalue weighted by Crippen LogP contribution is 2.22. The average molecular weight is 320 g/mol. The largest absolute Gasteiger partial charge is 0.445 e. The van der Waals surface area contributed by atoms with Crippen molar-refractivity contribution in [1.29, 1.82) is 0 Å². The van der Waals surface area contributed by atoms with Crippen LogP contribution in [-0.2, 0) is 11.3 Å². The van der Waals surface area contributed by atoms with E-state index in [2.05, 4.69) is 24.5 Å². The van der Waals surface area contributed by atoms with Crippen molar-refractivity contribution in [2.24, 2.45) is 5.92 Å². The molecule has 23 heavy (non-hydrogen) atoms. The van der Waals surface area contributed by atoms with Crippen LogP contribution in [0.2, 0.25) is 0 Å². The molecule has 1 aliphatic rings. The second kappa shape index (κ2) is 8.89. The average Bonchev–Trinajstić information content (AvgIpc) is 2.50. The fourth-order valence-corrected chi connectivity index (χ4v) is 2.85. The van der Waals surface area contributed by atoms with Gasteiger partial charge in [-0.3, -0.25) is 0 Å². The van der Waals surface area contributed by atoms with Crippen LogP contribution in [0.1, 0.15) is 38.7 Å². The normalized spacial score (nSPS) is 21.6. The summed E-state index contributed by atoms with van der Waals surface area (Å²) in [4.78, 5) is 11.8. The number of carbonyl (C=O) groups excluding carboxylic acids is 1. The van der Waals surface area contributed by atoms with E-state index < -0.39 is 0 Å². The monoisotopic (exact) mass is 320 g/mol. The number of hydrogen-bond donors (Lipinski definition) is 3. The summed E-state index contributed by atoms with van der Waals surface area (Å²) >= 11 is 0. The molecule has 0 heterocycles. The predicted octanol–water partition coefficient (Wildman–Crippen LogP) is 2.44. The summed E-state index contributed by atoms with van der Waals surface area (Å²) in [5.74, 6) is 0.491. The molecule has 1 fully saturated rings. The summed E-state index contributed by atoms with van der Waals surface area (Å²) < 4.78 is 5.22. The van der Waals surface area contributed by atoms with E-state index in [0.29, 0.717) is 24.6 Å². The first-order chi connectivity index (χ1) is 11.1. The minimum atomic E-state index is -0.354. The minimum Gasteiger partial charge on any atom is -0.445 e. The molecule has 1 amide bonds. The third-order valence-corrected chi connectivity index (χ3v) is 4.37. The summed E-state index contributed by atoms with van der Waals surface area (Å²) in [6, 6.07) is 10.6. The Morgan fingerprint density at radius 3 is 2.57 bits per heavy atom. The highest BCUT2D eigenvalue weighted by molar-refractivity contribution is 5.67. The Bertz CT molecular complexity index is 472. The van der Waals surface area contributed by atoms with Crippen LogP contribution < -0.4 is 10.6 Å². The first-order valence-electron chi connectivity index (χ1n) is 8.42. The van der Waals surface area contributed by atoms with Gasteiger partial charge >= 0.3 is 6.09 Å². The SMILES string of the molecule is CC(C)C(CCO)NC1CC(NC(=O)OCc2ccccc2)C1. The zero-order valence-electron chi connectivity index (χ0n) is 14.0. The Morgan fingerprint density at radius 1 is 1.26 bits per heavy atom. The molecule has 3 N–H and O–H groups in total. The lowest BCUT2D eigenvalue weighted by molar-refractivity contribution is 0.122. The van der Waals surface area contributed by atoms with Gasteiger partial charge in [-0.15, -0.1) is 0 Å². The van der Waals surface area contributed by atoms with Gasteiger partial charge in [-0.25, -0.2) is 4.79 Å². The van der Waals surface area contributed by atoms with Gasteiger partial charge in [-0.2, -0.15) is 0 Å². The molecule has 1 unspecified atom stereocenters. The topological polar surface area (TPSA) is 70.6 Å². The van der Waals surface area contributed by atoms with E-state index in [1.807, 2.05) is 30.3 Å². The number of hydrogen-bond acceptors (Lipinski definition) is 4. The van der Waals surface area contributed by atoms with Crippen molar-refractivity contribution in [3.8, 4) is 0 Å². The highest BCUT2D eigenvalue weighted by atomic mass is 16.5. The Hall–Kier alpha value is -1.59. The first-order valence-corrected chi connectivity index (χ1v) is 8.42. The number of benzene rings is 1. The van der Waals surface area contributed by atoms with Gasteiger partial charge in [-0.05, 0) is 30.7 Å². The van der Waals surface area contributed by atoms with Crippen molar-refractivity contribution < 1.29 is 14.6 Å². The second-order valence-electron chi connectivity index (χ2n) is 6.60. The number of nitrogens with one attached hydrogen (secondary N) is 2. The molecule has 0 bridgehead atoms. The van der Waals surface area contributed by atoms with Crippen LogP contribution >= 0.6 is 0 Å². The highest BCUT2D eigenvalue weighted by Gasteiger charge is 2.32. The molecule has 0 radical (unpaired) electrons. The fraction of sp³-hybridized carbons (Fsp3) is 0.611. The van der Waals surface area contributed by atoms with Gasteiger partial charge in [0.25, 0.3) is 0 Å². The maximum Gasteiger partial charge on any atom is 0.407 e. The molecule has 1 aromatic carbocycles. The molecule has 0 saturated heterocycles. The van der Waals surface area contributed by atoms with Gasteiger partial charge < -0.3 is 20.5 Å². The third kappa shape index (κ3) is 5.84. The van der Waals surface area contributed by atoms with Crippen molar-refractivity contribution in [2.75, 3.05) is 6.61 Å². The minimum absolute atomic E-state index is 0.178. The number of alkyl carbamates (subject to hydrolysis) is 1. The molecule has 0 spiro atoms. The van der Waals surface area contributed by atoms with Crippen LogP contribution in [0.3, 0.4) is 0 Å². The first kappa shape index (κ1) is 17.8. The third-order valence-electron chi connectivity index (χ3n) is 4.37. The molecular weight excluding hydrogens is 292 g/mol. The summed E-state index contributed by atoms with van der Waals surface area (Å²) in [5.41, 5.74) is 0.986. The zero-order valence-corrected chi connectivity index (χ0v) is 14.0. The predicted molar refractivity (Wildman–Crippen MR) is 90.0 cm³/mol. The van der Waals surface area contributed by atoms with Gasteiger partial charge in [0.05, 0.1) is 0 Å². The quantitative estimate of drug-likeness (QED) is 0.688. The van der Waals surface area contributed by atoms with Crippen LogP contribution in [0.5, 0.6) is 0 Å². The standard InChI is InChI=1S/C18H28N2O3/c1-13(2)17(8-9-21)19-15-10-16(11-15)20-18(22)23-12-14-6-4-3-5-7-14/h3-7,13,15-17,19,21H,8-12H2,1-2H3,(H,20,22). The summed E-state index contributed by atoms with van der Waals surface area (Å²) in [7, 11) is 0.